The van der Waals surface area contributed by atoms with E-state index in [0.29, 0.717) is 5.69 Å². The SMILES string of the molecule is C=Cc1cnc(C(F)(F)CC)cn1. The maximum Gasteiger partial charge on any atom is 0.290 e. The Morgan fingerprint density at radius 2 is 2.15 bits per heavy atom. The van der Waals surface area contributed by atoms with Gasteiger partial charge in [0.1, 0.15) is 5.69 Å². The first-order valence-electron chi connectivity index (χ1n) is 3.93. The Labute approximate surface area is 75.3 Å². The molecule has 0 radical (unpaired) electrons. The van der Waals surface area contributed by atoms with Crippen LogP contribution in [-0.2, 0) is 5.92 Å². The van der Waals surface area contributed by atoms with Gasteiger partial charge in [0.05, 0.1) is 18.1 Å². The molecular formula is C9H10F2N2. The lowest BCUT2D eigenvalue weighted by Gasteiger charge is -2.11. The first kappa shape index (κ1) is 9.77. The van der Waals surface area contributed by atoms with Crippen LogP contribution in [-0.4, -0.2) is 9.97 Å². The first-order chi connectivity index (χ1) is 6.10. The highest BCUT2D eigenvalue weighted by molar-refractivity contribution is 5.39. The van der Waals surface area contributed by atoms with Crippen LogP contribution < -0.4 is 0 Å². The molecule has 0 saturated heterocycles. The minimum absolute atomic E-state index is 0.269. The van der Waals surface area contributed by atoms with Crippen molar-refractivity contribution >= 4 is 6.08 Å². The first-order valence-corrected chi connectivity index (χ1v) is 3.93. The molecule has 0 saturated carbocycles. The molecule has 1 aromatic rings. The van der Waals surface area contributed by atoms with Crippen LogP contribution >= 0.6 is 0 Å². The molecule has 0 amide bonds. The molecule has 4 heteroatoms. The van der Waals surface area contributed by atoms with Crippen molar-refractivity contribution in [2.45, 2.75) is 19.3 Å². The molecule has 13 heavy (non-hydrogen) atoms. The maximum absolute atomic E-state index is 13.0. The lowest BCUT2D eigenvalue weighted by molar-refractivity contribution is -0.0131. The lowest BCUT2D eigenvalue weighted by Crippen LogP contribution is -2.14. The number of hydrogen-bond acceptors (Lipinski definition) is 2. The van der Waals surface area contributed by atoms with Crippen LogP contribution in [0.1, 0.15) is 24.7 Å². The Kier molecular flexibility index (Phi) is 2.70. The van der Waals surface area contributed by atoms with Crippen molar-refractivity contribution in [1.29, 1.82) is 0 Å². The Hall–Kier alpha value is -1.32. The van der Waals surface area contributed by atoms with Crippen LogP contribution in [0.25, 0.3) is 6.08 Å². The van der Waals surface area contributed by atoms with Crippen LogP contribution in [0.15, 0.2) is 19.0 Å². The summed E-state index contributed by atoms with van der Waals surface area (Å²) in [4.78, 5) is 7.36. The number of rotatable bonds is 3. The van der Waals surface area contributed by atoms with Gasteiger partial charge in [0.15, 0.2) is 0 Å². The number of hydrogen-bond donors (Lipinski definition) is 0. The molecular weight excluding hydrogens is 174 g/mol. The van der Waals surface area contributed by atoms with E-state index in [1.54, 1.807) is 0 Å². The third-order valence-corrected chi connectivity index (χ3v) is 1.70. The maximum atomic E-state index is 13.0. The van der Waals surface area contributed by atoms with Crippen LogP contribution in [0, 0.1) is 0 Å². The van der Waals surface area contributed by atoms with Gasteiger partial charge in [-0.1, -0.05) is 13.5 Å². The molecule has 0 N–H and O–H groups in total. The molecule has 1 rings (SSSR count). The lowest BCUT2D eigenvalue weighted by atomic mass is 10.2. The molecule has 0 fully saturated rings. The van der Waals surface area contributed by atoms with Gasteiger partial charge in [0.2, 0.25) is 0 Å². The zero-order valence-corrected chi connectivity index (χ0v) is 7.30. The Balaban J connectivity index is 2.98. The monoisotopic (exact) mass is 184 g/mol. The summed E-state index contributed by atoms with van der Waals surface area (Å²) in [7, 11) is 0. The van der Waals surface area contributed by atoms with E-state index in [1.165, 1.54) is 19.2 Å². The summed E-state index contributed by atoms with van der Waals surface area (Å²) in [5.74, 6) is -2.88. The standard InChI is InChI=1S/C9H10F2N2/c1-3-7-5-13-8(6-12-7)9(10,11)4-2/h3,5-6H,1,4H2,2H3. The Morgan fingerprint density at radius 1 is 1.46 bits per heavy atom. The zero-order valence-electron chi connectivity index (χ0n) is 7.30. The number of nitrogens with zero attached hydrogens (tertiary/aromatic N) is 2. The summed E-state index contributed by atoms with van der Waals surface area (Å²) in [6.45, 7) is 4.86. The highest BCUT2D eigenvalue weighted by atomic mass is 19.3. The van der Waals surface area contributed by atoms with Gasteiger partial charge in [-0.15, -0.1) is 0 Å². The summed E-state index contributed by atoms with van der Waals surface area (Å²) in [5.41, 5.74) is 0.205. The van der Waals surface area contributed by atoms with Crippen molar-refractivity contribution in [2.75, 3.05) is 0 Å². The molecule has 0 unspecified atom stereocenters. The fourth-order valence-corrected chi connectivity index (χ4v) is 0.813. The van der Waals surface area contributed by atoms with Gasteiger partial charge in [-0.2, -0.15) is 8.78 Å². The van der Waals surface area contributed by atoms with E-state index in [1.807, 2.05) is 0 Å². The van der Waals surface area contributed by atoms with Gasteiger partial charge < -0.3 is 0 Å². The van der Waals surface area contributed by atoms with E-state index in [4.69, 9.17) is 0 Å². The van der Waals surface area contributed by atoms with Crippen molar-refractivity contribution in [3.8, 4) is 0 Å². The number of halogens is 2. The highest BCUT2D eigenvalue weighted by Crippen LogP contribution is 2.28. The second kappa shape index (κ2) is 3.60. The van der Waals surface area contributed by atoms with Gasteiger partial charge in [-0.3, -0.25) is 9.97 Å². The molecule has 0 bridgehead atoms. The predicted molar refractivity (Wildman–Crippen MR) is 46.3 cm³/mol. The van der Waals surface area contributed by atoms with Crippen molar-refractivity contribution in [3.05, 3.63) is 30.4 Å². The average Bonchev–Trinajstić information content (AvgIpc) is 2.18. The molecule has 1 aromatic heterocycles. The minimum Gasteiger partial charge on any atom is -0.253 e. The van der Waals surface area contributed by atoms with Gasteiger partial charge in [0, 0.05) is 6.42 Å². The molecule has 0 atom stereocenters. The predicted octanol–water partition coefficient (Wildman–Crippen LogP) is 2.62. The fourth-order valence-electron chi connectivity index (χ4n) is 0.813. The third kappa shape index (κ3) is 2.08. The Bertz CT molecular complexity index is 293. The summed E-state index contributed by atoms with van der Waals surface area (Å²) < 4.78 is 26.0. The Morgan fingerprint density at radius 3 is 2.54 bits per heavy atom. The van der Waals surface area contributed by atoms with Gasteiger partial charge >= 0.3 is 0 Å². The molecule has 0 spiro atoms. The molecule has 70 valence electrons. The quantitative estimate of drug-likeness (QED) is 0.721. The molecule has 0 aliphatic heterocycles. The minimum atomic E-state index is -2.88. The van der Waals surface area contributed by atoms with E-state index in [2.05, 4.69) is 16.5 Å². The molecule has 0 aliphatic rings. The van der Waals surface area contributed by atoms with Gasteiger partial charge in [-0.25, -0.2) is 0 Å². The summed E-state index contributed by atoms with van der Waals surface area (Å²) in [5, 5.41) is 0. The van der Waals surface area contributed by atoms with Crippen molar-refractivity contribution in [3.63, 3.8) is 0 Å². The third-order valence-electron chi connectivity index (χ3n) is 1.70. The topological polar surface area (TPSA) is 25.8 Å². The number of aromatic nitrogens is 2. The van der Waals surface area contributed by atoms with Crippen LogP contribution in [0.2, 0.25) is 0 Å². The highest BCUT2D eigenvalue weighted by Gasteiger charge is 2.30. The second-order valence-corrected chi connectivity index (χ2v) is 2.59. The molecule has 2 nitrogen and oxygen atoms in total. The van der Waals surface area contributed by atoms with Crippen LogP contribution in [0.3, 0.4) is 0 Å². The zero-order chi connectivity index (χ0) is 9.90. The van der Waals surface area contributed by atoms with E-state index in [0.717, 1.165) is 6.20 Å². The number of alkyl halides is 2. The smallest absolute Gasteiger partial charge is 0.253 e. The van der Waals surface area contributed by atoms with Crippen LogP contribution in [0.5, 0.6) is 0 Å². The van der Waals surface area contributed by atoms with Gasteiger partial charge in [-0.05, 0) is 6.08 Å². The second-order valence-electron chi connectivity index (χ2n) is 2.59. The normalized spacial score (nSPS) is 11.3. The summed E-state index contributed by atoms with van der Waals surface area (Å²) in [6, 6.07) is 0. The van der Waals surface area contributed by atoms with Gasteiger partial charge in [0.25, 0.3) is 5.92 Å². The van der Waals surface area contributed by atoms with E-state index < -0.39 is 5.92 Å². The van der Waals surface area contributed by atoms with Crippen LogP contribution in [0.4, 0.5) is 8.78 Å². The largest absolute Gasteiger partial charge is 0.290 e. The van der Waals surface area contributed by atoms with Crippen molar-refractivity contribution in [1.82, 2.24) is 9.97 Å². The summed E-state index contributed by atoms with van der Waals surface area (Å²) >= 11 is 0. The summed E-state index contributed by atoms with van der Waals surface area (Å²) in [6.07, 6.45) is 3.56. The fraction of sp³-hybridized carbons (Fsp3) is 0.333. The van der Waals surface area contributed by atoms with E-state index in [9.17, 15) is 8.78 Å². The molecule has 0 aromatic carbocycles. The molecule has 0 aliphatic carbocycles. The average molecular weight is 184 g/mol. The van der Waals surface area contributed by atoms with E-state index in [-0.39, 0.29) is 12.1 Å². The molecule has 1 heterocycles. The van der Waals surface area contributed by atoms with E-state index >= 15 is 0 Å². The van der Waals surface area contributed by atoms with Crippen molar-refractivity contribution in [2.24, 2.45) is 0 Å². The van der Waals surface area contributed by atoms with Crippen molar-refractivity contribution < 1.29 is 8.78 Å².